The highest BCUT2D eigenvalue weighted by Crippen LogP contribution is 2.28. The Morgan fingerprint density at radius 3 is 2.75 bits per heavy atom. The molecule has 1 heterocycles. The van der Waals surface area contributed by atoms with E-state index in [2.05, 4.69) is 83.8 Å². The van der Waals surface area contributed by atoms with Gasteiger partial charge >= 0.3 is 0 Å². The van der Waals surface area contributed by atoms with Gasteiger partial charge in [-0.15, -0.1) is 0 Å². The SMILES string of the molecule is CC1CN(c2ccc(CNC(C)(C)C)c(Br)c2)CCS1. The molecule has 0 bridgehead atoms. The van der Waals surface area contributed by atoms with Crippen molar-refractivity contribution in [2.45, 2.75) is 45.0 Å². The van der Waals surface area contributed by atoms with Crippen LogP contribution in [0.15, 0.2) is 22.7 Å². The molecule has 0 amide bonds. The number of nitrogens with zero attached hydrogens (tertiary/aromatic N) is 1. The summed E-state index contributed by atoms with van der Waals surface area (Å²) < 4.78 is 1.21. The highest BCUT2D eigenvalue weighted by Gasteiger charge is 2.18. The number of anilines is 1. The summed E-state index contributed by atoms with van der Waals surface area (Å²) >= 11 is 5.80. The highest BCUT2D eigenvalue weighted by atomic mass is 79.9. The zero-order valence-corrected chi connectivity index (χ0v) is 15.3. The Kier molecular flexibility index (Phi) is 5.43. The van der Waals surface area contributed by atoms with Gasteiger partial charge < -0.3 is 10.2 Å². The molecule has 0 radical (unpaired) electrons. The number of nitrogens with one attached hydrogen (secondary N) is 1. The second kappa shape index (κ2) is 6.71. The van der Waals surface area contributed by atoms with Crippen LogP contribution in [0.2, 0.25) is 0 Å². The molecule has 1 fully saturated rings. The van der Waals surface area contributed by atoms with Crippen LogP contribution in [0, 0.1) is 0 Å². The van der Waals surface area contributed by atoms with E-state index >= 15 is 0 Å². The van der Waals surface area contributed by atoms with Crippen molar-refractivity contribution >= 4 is 33.4 Å². The molecule has 1 aromatic rings. The molecule has 1 N–H and O–H groups in total. The van der Waals surface area contributed by atoms with Gasteiger partial charge in [0, 0.05) is 46.3 Å². The molecule has 1 atom stereocenters. The van der Waals surface area contributed by atoms with E-state index in [4.69, 9.17) is 0 Å². The summed E-state index contributed by atoms with van der Waals surface area (Å²) in [6.45, 7) is 12.1. The minimum absolute atomic E-state index is 0.150. The van der Waals surface area contributed by atoms with Gasteiger partial charge in [0.25, 0.3) is 0 Å². The molecule has 2 rings (SSSR count). The van der Waals surface area contributed by atoms with E-state index in [-0.39, 0.29) is 5.54 Å². The van der Waals surface area contributed by atoms with Crippen molar-refractivity contribution in [2.75, 3.05) is 23.7 Å². The van der Waals surface area contributed by atoms with Gasteiger partial charge in [-0.3, -0.25) is 0 Å². The first-order chi connectivity index (χ1) is 9.35. The zero-order valence-electron chi connectivity index (χ0n) is 12.9. The summed E-state index contributed by atoms with van der Waals surface area (Å²) in [4.78, 5) is 2.49. The molecular weight excluding hydrogens is 332 g/mol. The van der Waals surface area contributed by atoms with E-state index in [0.717, 1.165) is 24.9 Å². The molecule has 1 unspecified atom stereocenters. The molecule has 4 heteroatoms. The lowest BCUT2D eigenvalue weighted by Crippen LogP contribution is -2.36. The number of benzene rings is 1. The summed E-state index contributed by atoms with van der Waals surface area (Å²) in [5, 5.41) is 4.26. The van der Waals surface area contributed by atoms with Crippen molar-refractivity contribution in [3.05, 3.63) is 28.2 Å². The molecule has 20 heavy (non-hydrogen) atoms. The fourth-order valence-electron chi connectivity index (χ4n) is 2.29. The van der Waals surface area contributed by atoms with E-state index in [1.807, 2.05) is 0 Å². The first-order valence-corrected chi connectivity index (χ1v) is 9.09. The summed E-state index contributed by atoms with van der Waals surface area (Å²) in [5.41, 5.74) is 2.81. The average Bonchev–Trinajstić information content (AvgIpc) is 2.36. The van der Waals surface area contributed by atoms with Crippen LogP contribution in [0.1, 0.15) is 33.3 Å². The Morgan fingerprint density at radius 2 is 2.15 bits per heavy atom. The van der Waals surface area contributed by atoms with Gasteiger partial charge in [-0.1, -0.05) is 28.9 Å². The van der Waals surface area contributed by atoms with Crippen LogP contribution in [0.3, 0.4) is 0 Å². The third-order valence-electron chi connectivity index (χ3n) is 3.45. The number of halogens is 1. The molecule has 1 aliphatic rings. The second-order valence-corrected chi connectivity index (χ2v) is 8.91. The maximum absolute atomic E-state index is 3.72. The van der Waals surface area contributed by atoms with E-state index in [9.17, 15) is 0 Å². The Morgan fingerprint density at radius 1 is 1.40 bits per heavy atom. The maximum atomic E-state index is 3.72. The van der Waals surface area contributed by atoms with Crippen molar-refractivity contribution in [1.29, 1.82) is 0 Å². The van der Waals surface area contributed by atoms with Gasteiger partial charge in [0.1, 0.15) is 0 Å². The van der Waals surface area contributed by atoms with Crippen molar-refractivity contribution in [1.82, 2.24) is 5.32 Å². The van der Waals surface area contributed by atoms with E-state index in [1.54, 1.807) is 0 Å². The lowest BCUT2D eigenvalue weighted by atomic mass is 10.1. The number of hydrogen-bond donors (Lipinski definition) is 1. The van der Waals surface area contributed by atoms with Crippen LogP contribution in [0.5, 0.6) is 0 Å². The third-order valence-corrected chi connectivity index (χ3v) is 5.33. The number of hydrogen-bond acceptors (Lipinski definition) is 3. The van der Waals surface area contributed by atoms with E-state index in [1.165, 1.54) is 21.5 Å². The van der Waals surface area contributed by atoms with Crippen molar-refractivity contribution in [3.63, 3.8) is 0 Å². The van der Waals surface area contributed by atoms with Crippen molar-refractivity contribution in [3.8, 4) is 0 Å². The standard InChI is InChI=1S/C16H25BrN2S/c1-12-11-19(7-8-20-12)14-6-5-13(15(17)9-14)10-18-16(2,3)4/h5-6,9,12,18H,7-8,10-11H2,1-4H3. The van der Waals surface area contributed by atoms with Gasteiger partial charge in [0.15, 0.2) is 0 Å². The minimum Gasteiger partial charge on any atom is -0.370 e. The summed E-state index contributed by atoms with van der Waals surface area (Å²) in [6.07, 6.45) is 0. The predicted molar refractivity (Wildman–Crippen MR) is 94.9 cm³/mol. The van der Waals surface area contributed by atoms with Crippen LogP contribution in [-0.4, -0.2) is 29.6 Å². The molecule has 112 valence electrons. The van der Waals surface area contributed by atoms with Crippen LogP contribution in [-0.2, 0) is 6.54 Å². The van der Waals surface area contributed by atoms with Crippen LogP contribution in [0.4, 0.5) is 5.69 Å². The normalized spacial score (nSPS) is 20.2. The summed E-state index contributed by atoms with van der Waals surface area (Å²) in [7, 11) is 0. The van der Waals surface area contributed by atoms with Gasteiger partial charge in [0.05, 0.1) is 0 Å². The molecule has 1 saturated heterocycles. The quantitative estimate of drug-likeness (QED) is 0.869. The van der Waals surface area contributed by atoms with Gasteiger partial charge in [-0.05, 0) is 38.5 Å². The summed E-state index contributed by atoms with van der Waals surface area (Å²) in [5.74, 6) is 1.23. The Balaban J connectivity index is 2.05. The monoisotopic (exact) mass is 356 g/mol. The molecule has 1 aromatic carbocycles. The maximum Gasteiger partial charge on any atom is 0.0378 e. The average molecular weight is 357 g/mol. The highest BCUT2D eigenvalue weighted by molar-refractivity contribution is 9.10. The Hall–Kier alpha value is -0.190. The molecule has 0 spiro atoms. The molecule has 1 aliphatic heterocycles. The van der Waals surface area contributed by atoms with E-state index in [0.29, 0.717) is 0 Å². The lowest BCUT2D eigenvalue weighted by molar-refractivity contribution is 0.424. The van der Waals surface area contributed by atoms with Crippen molar-refractivity contribution in [2.24, 2.45) is 0 Å². The lowest BCUT2D eigenvalue weighted by Gasteiger charge is -2.32. The smallest absolute Gasteiger partial charge is 0.0378 e. The molecule has 0 aromatic heterocycles. The fraction of sp³-hybridized carbons (Fsp3) is 0.625. The zero-order chi connectivity index (χ0) is 14.8. The molecular formula is C16H25BrN2S. The topological polar surface area (TPSA) is 15.3 Å². The Labute approximate surface area is 135 Å². The van der Waals surface area contributed by atoms with Crippen LogP contribution < -0.4 is 10.2 Å². The molecule has 2 nitrogen and oxygen atoms in total. The predicted octanol–water partition coefficient (Wildman–Crippen LogP) is 4.28. The Bertz CT molecular complexity index is 456. The van der Waals surface area contributed by atoms with Crippen molar-refractivity contribution < 1.29 is 0 Å². The fourth-order valence-corrected chi connectivity index (χ4v) is 3.81. The van der Waals surface area contributed by atoms with Crippen LogP contribution >= 0.6 is 27.7 Å². The van der Waals surface area contributed by atoms with E-state index < -0.39 is 0 Å². The van der Waals surface area contributed by atoms with Gasteiger partial charge in [-0.25, -0.2) is 0 Å². The van der Waals surface area contributed by atoms with Gasteiger partial charge in [0.2, 0.25) is 0 Å². The minimum atomic E-state index is 0.150. The second-order valence-electron chi connectivity index (χ2n) is 6.51. The van der Waals surface area contributed by atoms with Crippen LogP contribution in [0.25, 0.3) is 0 Å². The molecule has 0 aliphatic carbocycles. The first-order valence-electron chi connectivity index (χ1n) is 7.25. The number of rotatable bonds is 3. The largest absolute Gasteiger partial charge is 0.370 e. The van der Waals surface area contributed by atoms with Gasteiger partial charge in [-0.2, -0.15) is 11.8 Å². The third kappa shape index (κ3) is 4.68. The summed E-state index contributed by atoms with van der Waals surface area (Å²) in [6, 6.07) is 6.76. The molecule has 0 saturated carbocycles. The first kappa shape index (κ1) is 16.2. The number of thioether (sulfide) groups is 1.